The van der Waals surface area contributed by atoms with E-state index in [1.165, 1.54) is 4.31 Å². The minimum absolute atomic E-state index is 0.158. The highest BCUT2D eigenvalue weighted by atomic mass is 32.2. The molecule has 2 aromatic rings. The Morgan fingerprint density at radius 3 is 2.56 bits per heavy atom. The summed E-state index contributed by atoms with van der Waals surface area (Å²) >= 11 is 0. The van der Waals surface area contributed by atoms with Gasteiger partial charge in [0.15, 0.2) is 0 Å². The molecule has 1 aliphatic rings. The van der Waals surface area contributed by atoms with Gasteiger partial charge in [-0.3, -0.25) is 9.10 Å². The number of carbonyl (C=O) groups is 1. The molecule has 3 rings (SSSR count). The number of nitrogens with one attached hydrogen (secondary N) is 1. The van der Waals surface area contributed by atoms with Crippen LogP contribution in [0.5, 0.6) is 0 Å². The van der Waals surface area contributed by atoms with Crippen molar-refractivity contribution in [2.45, 2.75) is 26.2 Å². The minimum atomic E-state index is -3.26. The molecule has 1 amide bonds. The maximum atomic E-state index is 12.6. The van der Waals surface area contributed by atoms with Crippen LogP contribution in [0.25, 0.3) is 0 Å². The summed E-state index contributed by atoms with van der Waals surface area (Å²) in [4.78, 5) is 12.6. The molecule has 0 unspecified atom stereocenters. The first kappa shape index (κ1) is 17.5. The largest absolute Gasteiger partial charge is 0.322 e. The van der Waals surface area contributed by atoms with E-state index in [4.69, 9.17) is 0 Å². The Labute approximate surface area is 148 Å². The molecule has 0 atom stereocenters. The predicted molar refractivity (Wildman–Crippen MR) is 101 cm³/mol. The van der Waals surface area contributed by atoms with Crippen LogP contribution in [0.1, 0.15) is 42.1 Å². The molecule has 0 aromatic heterocycles. The lowest BCUT2D eigenvalue weighted by atomic mass is 10.0. The van der Waals surface area contributed by atoms with Crippen LogP contribution in [0.3, 0.4) is 0 Å². The van der Waals surface area contributed by atoms with E-state index in [1.807, 2.05) is 24.3 Å². The third-order valence-corrected chi connectivity index (χ3v) is 6.20. The van der Waals surface area contributed by atoms with Crippen molar-refractivity contribution in [3.05, 3.63) is 59.7 Å². The molecule has 1 saturated heterocycles. The van der Waals surface area contributed by atoms with Crippen molar-refractivity contribution in [3.63, 3.8) is 0 Å². The van der Waals surface area contributed by atoms with Crippen LogP contribution in [0.2, 0.25) is 0 Å². The molecule has 25 heavy (non-hydrogen) atoms. The standard InChI is InChI=1S/C19H22N2O3S/c1-14(2)17-9-3-4-10-18(17)20-19(22)15-7-5-8-16(13-15)21-11-6-12-25(21,23)24/h3-5,7-10,13-14H,6,11-12H2,1-2H3,(H,20,22). The van der Waals surface area contributed by atoms with E-state index in [0.717, 1.165) is 11.3 Å². The third-order valence-electron chi connectivity index (χ3n) is 4.33. The second-order valence-corrected chi connectivity index (χ2v) is 8.50. The van der Waals surface area contributed by atoms with Gasteiger partial charge in [-0.25, -0.2) is 8.42 Å². The Morgan fingerprint density at radius 2 is 1.88 bits per heavy atom. The Bertz CT molecular complexity index is 891. The van der Waals surface area contributed by atoms with Gasteiger partial charge >= 0.3 is 0 Å². The smallest absolute Gasteiger partial charge is 0.255 e. The van der Waals surface area contributed by atoms with Crippen LogP contribution >= 0.6 is 0 Å². The molecule has 1 N–H and O–H groups in total. The number of carbonyl (C=O) groups excluding carboxylic acids is 1. The summed E-state index contributed by atoms with van der Waals surface area (Å²) in [6, 6.07) is 14.5. The van der Waals surface area contributed by atoms with Crippen molar-refractivity contribution in [1.82, 2.24) is 0 Å². The fourth-order valence-corrected chi connectivity index (χ4v) is 4.60. The molecule has 0 spiro atoms. The van der Waals surface area contributed by atoms with Crippen LogP contribution in [-0.2, 0) is 10.0 Å². The number of amides is 1. The summed E-state index contributed by atoms with van der Waals surface area (Å²) in [5.74, 6) is 0.203. The van der Waals surface area contributed by atoms with E-state index in [9.17, 15) is 13.2 Å². The Balaban J connectivity index is 1.86. The van der Waals surface area contributed by atoms with Gasteiger partial charge in [0.05, 0.1) is 11.4 Å². The first-order valence-corrected chi connectivity index (χ1v) is 10.00. The second-order valence-electron chi connectivity index (χ2n) is 6.49. The fourth-order valence-electron chi connectivity index (χ4n) is 3.04. The maximum Gasteiger partial charge on any atom is 0.255 e. The minimum Gasteiger partial charge on any atom is -0.322 e. The zero-order valence-corrected chi connectivity index (χ0v) is 15.2. The van der Waals surface area contributed by atoms with Crippen molar-refractivity contribution in [1.29, 1.82) is 0 Å². The predicted octanol–water partition coefficient (Wildman–Crippen LogP) is 3.60. The summed E-state index contributed by atoms with van der Waals surface area (Å²) in [6.07, 6.45) is 0.612. The van der Waals surface area contributed by atoms with Crippen molar-refractivity contribution in [2.75, 3.05) is 21.9 Å². The van der Waals surface area contributed by atoms with Crippen LogP contribution in [0.15, 0.2) is 48.5 Å². The molecule has 2 aromatic carbocycles. The van der Waals surface area contributed by atoms with E-state index < -0.39 is 10.0 Å². The van der Waals surface area contributed by atoms with Gasteiger partial charge in [-0.05, 0) is 42.2 Å². The van der Waals surface area contributed by atoms with Crippen LogP contribution in [0, 0.1) is 0 Å². The number of anilines is 2. The third kappa shape index (κ3) is 3.69. The topological polar surface area (TPSA) is 66.5 Å². The Kier molecular flexibility index (Phi) is 4.81. The normalized spacial score (nSPS) is 16.2. The maximum absolute atomic E-state index is 12.6. The lowest BCUT2D eigenvalue weighted by molar-refractivity contribution is 0.102. The van der Waals surface area contributed by atoms with Gasteiger partial charge in [-0.1, -0.05) is 38.1 Å². The zero-order valence-electron chi connectivity index (χ0n) is 14.4. The van der Waals surface area contributed by atoms with Crippen molar-refractivity contribution >= 4 is 27.3 Å². The van der Waals surface area contributed by atoms with Gasteiger partial charge in [0.1, 0.15) is 0 Å². The molecule has 0 aliphatic carbocycles. The van der Waals surface area contributed by atoms with E-state index in [-0.39, 0.29) is 17.6 Å². The monoisotopic (exact) mass is 358 g/mol. The Morgan fingerprint density at radius 1 is 1.12 bits per heavy atom. The van der Waals surface area contributed by atoms with Crippen LogP contribution < -0.4 is 9.62 Å². The van der Waals surface area contributed by atoms with Gasteiger partial charge in [-0.15, -0.1) is 0 Å². The van der Waals surface area contributed by atoms with Gasteiger partial charge in [0, 0.05) is 17.8 Å². The zero-order chi connectivity index (χ0) is 18.0. The van der Waals surface area contributed by atoms with Crippen LogP contribution in [0.4, 0.5) is 11.4 Å². The quantitative estimate of drug-likeness (QED) is 0.908. The molecule has 1 fully saturated rings. The SMILES string of the molecule is CC(C)c1ccccc1NC(=O)c1cccc(N2CCCS2(=O)=O)c1. The molecular weight excluding hydrogens is 336 g/mol. The second kappa shape index (κ2) is 6.88. The molecule has 1 aliphatic heterocycles. The van der Waals surface area contributed by atoms with Crippen molar-refractivity contribution in [2.24, 2.45) is 0 Å². The van der Waals surface area contributed by atoms with Gasteiger partial charge in [0.25, 0.3) is 5.91 Å². The van der Waals surface area contributed by atoms with Gasteiger partial charge in [-0.2, -0.15) is 0 Å². The molecule has 0 radical (unpaired) electrons. The first-order valence-electron chi connectivity index (χ1n) is 8.39. The molecule has 0 saturated carbocycles. The summed E-state index contributed by atoms with van der Waals surface area (Å²) in [5, 5.41) is 2.94. The summed E-state index contributed by atoms with van der Waals surface area (Å²) in [6.45, 7) is 4.61. The average molecular weight is 358 g/mol. The van der Waals surface area contributed by atoms with Gasteiger partial charge in [0.2, 0.25) is 10.0 Å². The summed E-state index contributed by atoms with van der Waals surface area (Å²) in [7, 11) is -3.26. The number of para-hydroxylation sites is 1. The molecule has 1 heterocycles. The molecule has 0 bridgehead atoms. The molecular formula is C19H22N2O3S. The number of hydrogen-bond donors (Lipinski definition) is 1. The highest BCUT2D eigenvalue weighted by molar-refractivity contribution is 7.93. The van der Waals surface area contributed by atoms with Crippen molar-refractivity contribution < 1.29 is 13.2 Å². The highest BCUT2D eigenvalue weighted by Crippen LogP contribution is 2.27. The van der Waals surface area contributed by atoms with Crippen LogP contribution in [-0.4, -0.2) is 26.6 Å². The molecule has 132 valence electrons. The number of sulfonamides is 1. The molecule has 5 nitrogen and oxygen atoms in total. The fraction of sp³-hybridized carbons (Fsp3) is 0.316. The Hall–Kier alpha value is -2.34. The lowest BCUT2D eigenvalue weighted by Crippen LogP contribution is -2.25. The number of hydrogen-bond acceptors (Lipinski definition) is 3. The lowest BCUT2D eigenvalue weighted by Gasteiger charge is -2.18. The summed E-state index contributed by atoms with van der Waals surface area (Å²) < 4.78 is 25.5. The van der Waals surface area contributed by atoms with E-state index in [1.54, 1.807) is 24.3 Å². The van der Waals surface area contributed by atoms with E-state index in [0.29, 0.717) is 24.2 Å². The first-order chi connectivity index (χ1) is 11.9. The number of rotatable bonds is 4. The average Bonchev–Trinajstić information content (AvgIpc) is 2.94. The van der Waals surface area contributed by atoms with Crippen molar-refractivity contribution in [3.8, 4) is 0 Å². The van der Waals surface area contributed by atoms with Gasteiger partial charge < -0.3 is 5.32 Å². The van der Waals surface area contributed by atoms with E-state index in [2.05, 4.69) is 19.2 Å². The molecule has 6 heteroatoms. The highest BCUT2D eigenvalue weighted by Gasteiger charge is 2.28. The van der Waals surface area contributed by atoms with E-state index >= 15 is 0 Å². The number of benzene rings is 2. The summed E-state index contributed by atoms with van der Waals surface area (Å²) in [5.41, 5.74) is 2.83. The number of nitrogens with zero attached hydrogens (tertiary/aromatic N) is 1.